The third-order valence-electron chi connectivity index (χ3n) is 3.97. The fourth-order valence-corrected chi connectivity index (χ4v) is 5.49. The lowest BCUT2D eigenvalue weighted by atomic mass is 10.2. The van der Waals surface area contributed by atoms with Gasteiger partial charge in [-0.3, -0.25) is 4.90 Å². The van der Waals surface area contributed by atoms with Gasteiger partial charge >= 0.3 is 8.80 Å². The van der Waals surface area contributed by atoms with E-state index in [1.165, 1.54) is 5.56 Å². The summed E-state index contributed by atoms with van der Waals surface area (Å²) >= 11 is 0. The zero-order valence-corrected chi connectivity index (χ0v) is 17.7. The van der Waals surface area contributed by atoms with Crippen LogP contribution in [-0.2, 0) is 13.3 Å². The summed E-state index contributed by atoms with van der Waals surface area (Å²) in [5, 5.41) is 0. The van der Waals surface area contributed by atoms with Crippen molar-refractivity contribution < 1.29 is 13.3 Å². The van der Waals surface area contributed by atoms with Crippen LogP contribution in [0.3, 0.4) is 0 Å². The molecule has 0 saturated heterocycles. The molecule has 0 radical (unpaired) electrons. The van der Waals surface area contributed by atoms with E-state index in [1.54, 1.807) is 0 Å². The van der Waals surface area contributed by atoms with E-state index in [0.29, 0.717) is 26.4 Å². The van der Waals surface area contributed by atoms with Crippen LogP contribution in [0.4, 0.5) is 0 Å². The van der Waals surface area contributed by atoms with Crippen molar-refractivity contribution in [2.75, 3.05) is 46.0 Å². The normalized spacial score (nSPS) is 12.3. The van der Waals surface area contributed by atoms with Crippen molar-refractivity contribution in [2.24, 2.45) is 5.73 Å². The van der Waals surface area contributed by atoms with Crippen molar-refractivity contribution in [3.8, 4) is 0 Å². The van der Waals surface area contributed by atoms with Gasteiger partial charge < -0.3 is 19.0 Å². The molecule has 0 amide bonds. The molecule has 1 aromatic carbocycles. The molecule has 6 heteroatoms. The highest BCUT2D eigenvalue weighted by Crippen LogP contribution is 2.18. The van der Waals surface area contributed by atoms with Crippen molar-refractivity contribution in [3.63, 3.8) is 0 Å². The average molecular weight is 381 g/mol. The maximum Gasteiger partial charge on any atom is 0.500 e. The molecule has 5 nitrogen and oxygen atoms in total. The minimum absolute atomic E-state index is 0.624. The first kappa shape index (κ1) is 23.0. The molecule has 1 rings (SSSR count). The topological polar surface area (TPSA) is 57.0 Å². The standard InChI is InChI=1S/C20H36N2O3Si/c1-4-23-26(24-5-2,25-6-3)19-11-17-22(18-15-21)16-10-14-20-12-8-7-9-13-20/h7-10,12-14H,4-6,11,15-19,21H2,1-3H3/b14-10+. The molecule has 0 bridgehead atoms. The summed E-state index contributed by atoms with van der Waals surface area (Å²) in [4.78, 5) is 2.36. The fourth-order valence-electron chi connectivity index (χ4n) is 2.90. The van der Waals surface area contributed by atoms with Crippen LogP contribution in [0.25, 0.3) is 6.08 Å². The second kappa shape index (κ2) is 14.1. The summed E-state index contributed by atoms with van der Waals surface area (Å²) in [5.74, 6) is 0. The Hall–Kier alpha value is -1.02. The quantitative estimate of drug-likeness (QED) is 0.473. The van der Waals surface area contributed by atoms with Crippen molar-refractivity contribution in [1.82, 2.24) is 4.90 Å². The molecule has 26 heavy (non-hydrogen) atoms. The summed E-state index contributed by atoms with van der Waals surface area (Å²) in [7, 11) is -2.55. The summed E-state index contributed by atoms with van der Waals surface area (Å²) < 4.78 is 17.8. The largest absolute Gasteiger partial charge is 0.500 e. The summed E-state index contributed by atoms with van der Waals surface area (Å²) in [5.41, 5.74) is 7.00. The number of nitrogens with zero attached hydrogens (tertiary/aromatic N) is 1. The summed E-state index contributed by atoms with van der Waals surface area (Å²) in [6.07, 6.45) is 5.33. The zero-order chi connectivity index (χ0) is 19.1. The second-order valence-electron chi connectivity index (χ2n) is 5.99. The predicted molar refractivity (Wildman–Crippen MR) is 111 cm³/mol. The highest BCUT2D eigenvalue weighted by Gasteiger charge is 2.39. The lowest BCUT2D eigenvalue weighted by Crippen LogP contribution is -2.46. The zero-order valence-electron chi connectivity index (χ0n) is 16.7. The van der Waals surface area contributed by atoms with E-state index in [-0.39, 0.29) is 0 Å². The van der Waals surface area contributed by atoms with Gasteiger partial charge in [-0.15, -0.1) is 0 Å². The van der Waals surface area contributed by atoms with Crippen molar-refractivity contribution in [3.05, 3.63) is 42.0 Å². The highest BCUT2D eigenvalue weighted by atomic mass is 28.4. The van der Waals surface area contributed by atoms with E-state index >= 15 is 0 Å². The van der Waals surface area contributed by atoms with Crippen LogP contribution in [-0.4, -0.2) is 59.7 Å². The molecule has 0 heterocycles. The molecule has 0 atom stereocenters. The average Bonchev–Trinajstić information content (AvgIpc) is 2.63. The molecule has 0 saturated carbocycles. The molecular weight excluding hydrogens is 344 g/mol. The van der Waals surface area contributed by atoms with Crippen molar-refractivity contribution >= 4 is 14.9 Å². The Morgan fingerprint density at radius 3 is 2.12 bits per heavy atom. The maximum atomic E-state index is 5.93. The molecule has 0 aliphatic rings. The number of rotatable bonds is 15. The second-order valence-corrected chi connectivity index (χ2v) is 8.72. The third-order valence-corrected chi connectivity index (χ3v) is 7.12. The Morgan fingerprint density at radius 2 is 1.58 bits per heavy atom. The molecule has 0 aliphatic heterocycles. The molecule has 1 aromatic rings. The van der Waals surface area contributed by atoms with Gasteiger partial charge in [-0.2, -0.15) is 0 Å². The highest BCUT2D eigenvalue weighted by molar-refractivity contribution is 6.60. The van der Waals surface area contributed by atoms with Crippen LogP contribution in [0.15, 0.2) is 36.4 Å². The van der Waals surface area contributed by atoms with E-state index in [4.69, 9.17) is 19.0 Å². The Bertz CT molecular complexity index is 468. The lowest BCUT2D eigenvalue weighted by Gasteiger charge is -2.29. The summed E-state index contributed by atoms with van der Waals surface area (Å²) in [6.45, 7) is 11.2. The number of nitrogens with two attached hydrogens (primary N) is 1. The van der Waals surface area contributed by atoms with Gasteiger partial charge in [0.1, 0.15) is 0 Å². The monoisotopic (exact) mass is 380 g/mol. The van der Waals surface area contributed by atoms with Crippen molar-refractivity contribution in [2.45, 2.75) is 33.2 Å². The van der Waals surface area contributed by atoms with Gasteiger partial charge in [0.2, 0.25) is 0 Å². The van der Waals surface area contributed by atoms with E-state index in [9.17, 15) is 0 Å². The fraction of sp³-hybridized carbons (Fsp3) is 0.600. The number of hydrogen-bond acceptors (Lipinski definition) is 5. The van der Waals surface area contributed by atoms with Crippen LogP contribution < -0.4 is 5.73 Å². The summed E-state index contributed by atoms with van der Waals surface area (Å²) in [6, 6.07) is 11.2. The van der Waals surface area contributed by atoms with Gasteiger partial charge in [0, 0.05) is 45.5 Å². The predicted octanol–water partition coefficient (Wildman–Crippen LogP) is 3.40. The Labute approximate surface area is 160 Å². The van der Waals surface area contributed by atoms with Crippen LogP contribution in [0, 0.1) is 0 Å². The van der Waals surface area contributed by atoms with Crippen LogP contribution in [0.1, 0.15) is 32.8 Å². The van der Waals surface area contributed by atoms with Crippen LogP contribution in [0.2, 0.25) is 6.04 Å². The molecule has 148 valence electrons. The Morgan fingerprint density at radius 1 is 0.962 bits per heavy atom. The van der Waals surface area contributed by atoms with Gasteiger partial charge in [0.15, 0.2) is 0 Å². The Kier molecular flexibility index (Phi) is 12.5. The minimum atomic E-state index is -2.55. The number of hydrogen-bond donors (Lipinski definition) is 1. The first-order valence-electron chi connectivity index (χ1n) is 9.75. The van der Waals surface area contributed by atoms with Gasteiger partial charge in [0.25, 0.3) is 0 Å². The molecule has 2 N–H and O–H groups in total. The molecule has 0 spiro atoms. The molecule has 0 aromatic heterocycles. The van der Waals surface area contributed by atoms with E-state index in [0.717, 1.165) is 32.1 Å². The van der Waals surface area contributed by atoms with Gasteiger partial charge in [0.05, 0.1) is 0 Å². The minimum Gasteiger partial charge on any atom is -0.374 e. The molecule has 0 aliphatic carbocycles. The number of benzene rings is 1. The van der Waals surface area contributed by atoms with E-state index in [2.05, 4.69) is 41.3 Å². The van der Waals surface area contributed by atoms with Crippen molar-refractivity contribution in [1.29, 1.82) is 0 Å². The maximum absolute atomic E-state index is 5.93. The van der Waals surface area contributed by atoms with Gasteiger partial charge in [-0.1, -0.05) is 42.5 Å². The SMILES string of the molecule is CCO[Si](CCCN(C/C=C/c1ccccc1)CCN)(OCC)OCC. The van der Waals surface area contributed by atoms with E-state index < -0.39 is 8.80 Å². The van der Waals surface area contributed by atoms with Gasteiger partial charge in [-0.25, -0.2) is 0 Å². The molecular formula is C20H36N2O3Si. The van der Waals surface area contributed by atoms with Crippen LogP contribution in [0.5, 0.6) is 0 Å². The molecule has 0 fully saturated rings. The van der Waals surface area contributed by atoms with Gasteiger partial charge in [-0.05, 0) is 39.3 Å². The first-order chi connectivity index (χ1) is 12.7. The Balaban J connectivity index is 2.53. The lowest BCUT2D eigenvalue weighted by molar-refractivity contribution is 0.0700. The van der Waals surface area contributed by atoms with Crippen LogP contribution >= 0.6 is 0 Å². The molecule has 0 unspecified atom stereocenters. The van der Waals surface area contributed by atoms with E-state index in [1.807, 2.05) is 26.8 Å². The smallest absolute Gasteiger partial charge is 0.374 e. The third kappa shape index (κ3) is 9.07. The first-order valence-corrected chi connectivity index (χ1v) is 11.7.